The zero-order valence-corrected chi connectivity index (χ0v) is 15.5. The van der Waals surface area contributed by atoms with Crippen LogP contribution in [0.5, 0.6) is 5.75 Å². The number of hydrogen-bond donors (Lipinski definition) is 1. The molecule has 1 amide bonds. The minimum atomic E-state index is -0.401. The number of nitrogens with one attached hydrogen (secondary N) is 1. The molecule has 2 aromatic carbocycles. The van der Waals surface area contributed by atoms with E-state index < -0.39 is 5.97 Å². The molecule has 0 saturated heterocycles. The first-order valence-electron chi connectivity index (χ1n) is 9.33. The summed E-state index contributed by atoms with van der Waals surface area (Å²) in [4.78, 5) is 23.9. The van der Waals surface area contributed by atoms with Gasteiger partial charge in [-0.1, -0.05) is 43.2 Å². The predicted molar refractivity (Wildman–Crippen MR) is 103 cm³/mol. The van der Waals surface area contributed by atoms with Gasteiger partial charge in [-0.2, -0.15) is 0 Å². The van der Waals surface area contributed by atoms with E-state index >= 15 is 0 Å². The van der Waals surface area contributed by atoms with Crippen molar-refractivity contribution in [3.63, 3.8) is 0 Å². The molecule has 3 rings (SSSR count). The molecule has 5 nitrogen and oxygen atoms in total. The Bertz CT molecular complexity index is 752. The Morgan fingerprint density at radius 1 is 1.04 bits per heavy atom. The average molecular weight is 367 g/mol. The standard InChI is InChI=1S/C22H25NO4/c1-26-22(25)18-11-13-19(14-12-18)27-15-20(24)23-21(17-9-5-6-10-17)16-7-3-2-4-8-16/h2-4,7-8,11-14,17,21H,5-6,9-10,15H2,1H3,(H,23,24). The lowest BCUT2D eigenvalue weighted by Crippen LogP contribution is -2.35. The Morgan fingerprint density at radius 3 is 2.33 bits per heavy atom. The molecule has 0 aliphatic heterocycles. The Morgan fingerprint density at radius 2 is 1.70 bits per heavy atom. The SMILES string of the molecule is COC(=O)c1ccc(OCC(=O)NC(c2ccccc2)C2CCCC2)cc1. The maximum atomic E-state index is 12.5. The Labute approximate surface area is 159 Å². The summed E-state index contributed by atoms with van der Waals surface area (Å²) in [6, 6.07) is 16.7. The van der Waals surface area contributed by atoms with Crippen LogP contribution in [-0.2, 0) is 9.53 Å². The molecule has 1 unspecified atom stereocenters. The first-order valence-corrected chi connectivity index (χ1v) is 9.33. The molecule has 0 bridgehead atoms. The van der Waals surface area contributed by atoms with E-state index in [9.17, 15) is 9.59 Å². The van der Waals surface area contributed by atoms with Crippen LogP contribution in [-0.4, -0.2) is 25.6 Å². The van der Waals surface area contributed by atoms with Crippen molar-refractivity contribution in [3.05, 3.63) is 65.7 Å². The molecule has 0 radical (unpaired) electrons. The van der Waals surface area contributed by atoms with Gasteiger partial charge in [0, 0.05) is 0 Å². The summed E-state index contributed by atoms with van der Waals surface area (Å²) in [5.74, 6) is 0.458. The lowest BCUT2D eigenvalue weighted by Gasteiger charge is -2.25. The highest BCUT2D eigenvalue weighted by atomic mass is 16.5. The number of hydrogen-bond acceptors (Lipinski definition) is 4. The van der Waals surface area contributed by atoms with E-state index in [1.807, 2.05) is 18.2 Å². The van der Waals surface area contributed by atoms with Crippen molar-refractivity contribution in [2.45, 2.75) is 31.7 Å². The van der Waals surface area contributed by atoms with E-state index in [2.05, 4.69) is 22.2 Å². The average Bonchev–Trinajstić information content (AvgIpc) is 3.25. The van der Waals surface area contributed by atoms with Gasteiger partial charge in [0.1, 0.15) is 5.75 Å². The first-order chi connectivity index (χ1) is 13.2. The van der Waals surface area contributed by atoms with Crippen LogP contribution in [0.25, 0.3) is 0 Å². The molecule has 142 valence electrons. The van der Waals surface area contributed by atoms with Gasteiger partial charge in [-0.15, -0.1) is 0 Å². The number of carbonyl (C=O) groups is 2. The third-order valence-electron chi connectivity index (χ3n) is 4.99. The number of benzene rings is 2. The van der Waals surface area contributed by atoms with Crippen molar-refractivity contribution >= 4 is 11.9 Å². The van der Waals surface area contributed by atoms with Crippen LogP contribution >= 0.6 is 0 Å². The largest absolute Gasteiger partial charge is 0.484 e. The van der Waals surface area contributed by atoms with Crippen molar-refractivity contribution in [1.82, 2.24) is 5.32 Å². The summed E-state index contributed by atoms with van der Waals surface area (Å²) in [6.45, 7) is -0.0619. The molecule has 1 fully saturated rings. The van der Waals surface area contributed by atoms with Gasteiger partial charge in [-0.3, -0.25) is 4.79 Å². The van der Waals surface area contributed by atoms with Gasteiger partial charge in [0.05, 0.1) is 18.7 Å². The fourth-order valence-electron chi connectivity index (χ4n) is 3.59. The normalized spacial score (nSPS) is 15.1. The third kappa shape index (κ3) is 5.09. The second kappa shape index (κ2) is 9.21. The van der Waals surface area contributed by atoms with Crippen LogP contribution in [0.2, 0.25) is 0 Å². The molecule has 1 saturated carbocycles. The minimum Gasteiger partial charge on any atom is -0.484 e. The van der Waals surface area contributed by atoms with E-state index in [-0.39, 0.29) is 18.6 Å². The fraction of sp³-hybridized carbons (Fsp3) is 0.364. The Balaban J connectivity index is 1.58. The molecule has 0 heterocycles. The number of rotatable bonds is 7. The smallest absolute Gasteiger partial charge is 0.337 e. The molecular formula is C22H25NO4. The lowest BCUT2D eigenvalue weighted by molar-refractivity contribution is -0.124. The highest BCUT2D eigenvalue weighted by Gasteiger charge is 2.27. The molecule has 1 aliphatic rings. The maximum Gasteiger partial charge on any atom is 0.337 e. The minimum absolute atomic E-state index is 0.0199. The summed E-state index contributed by atoms with van der Waals surface area (Å²) in [5, 5.41) is 3.15. The van der Waals surface area contributed by atoms with E-state index in [4.69, 9.17) is 4.74 Å². The molecular weight excluding hydrogens is 342 g/mol. The zero-order valence-electron chi connectivity index (χ0n) is 15.5. The van der Waals surface area contributed by atoms with Crippen LogP contribution < -0.4 is 10.1 Å². The molecule has 1 atom stereocenters. The highest BCUT2D eigenvalue weighted by molar-refractivity contribution is 5.89. The topological polar surface area (TPSA) is 64.6 Å². The number of methoxy groups -OCH3 is 1. The second-order valence-electron chi connectivity index (χ2n) is 6.81. The van der Waals surface area contributed by atoms with Crippen molar-refractivity contribution in [2.75, 3.05) is 13.7 Å². The summed E-state index contributed by atoms with van der Waals surface area (Å²) in [5.41, 5.74) is 1.58. The van der Waals surface area contributed by atoms with E-state index in [1.54, 1.807) is 24.3 Å². The Kier molecular flexibility index (Phi) is 6.47. The van der Waals surface area contributed by atoms with E-state index in [1.165, 1.54) is 20.0 Å². The van der Waals surface area contributed by atoms with E-state index in [0.717, 1.165) is 18.4 Å². The summed E-state index contributed by atoms with van der Waals surface area (Å²) in [6.07, 6.45) is 4.70. The van der Waals surface area contributed by atoms with Gasteiger partial charge in [0.15, 0.2) is 6.61 Å². The fourth-order valence-corrected chi connectivity index (χ4v) is 3.59. The monoisotopic (exact) mass is 367 g/mol. The van der Waals surface area contributed by atoms with Crippen molar-refractivity contribution in [3.8, 4) is 5.75 Å². The van der Waals surface area contributed by atoms with Crippen LogP contribution in [0.1, 0.15) is 47.6 Å². The van der Waals surface area contributed by atoms with Gasteiger partial charge < -0.3 is 14.8 Å². The van der Waals surface area contributed by atoms with Crippen molar-refractivity contribution in [1.29, 1.82) is 0 Å². The van der Waals surface area contributed by atoms with Crippen LogP contribution in [0.15, 0.2) is 54.6 Å². The van der Waals surface area contributed by atoms with Gasteiger partial charge >= 0.3 is 5.97 Å². The van der Waals surface area contributed by atoms with Crippen LogP contribution in [0, 0.1) is 5.92 Å². The zero-order chi connectivity index (χ0) is 19.1. The number of amides is 1. The molecule has 5 heteroatoms. The first kappa shape index (κ1) is 19.0. The molecule has 0 aromatic heterocycles. The second-order valence-corrected chi connectivity index (χ2v) is 6.81. The Hall–Kier alpha value is -2.82. The molecule has 0 spiro atoms. The van der Waals surface area contributed by atoms with E-state index in [0.29, 0.717) is 17.2 Å². The number of ether oxygens (including phenoxy) is 2. The van der Waals surface area contributed by atoms with Gasteiger partial charge in [0.25, 0.3) is 5.91 Å². The highest BCUT2D eigenvalue weighted by Crippen LogP contribution is 2.35. The molecule has 1 N–H and O–H groups in total. The number of esters is 1. The van der Waals surface area contributed by atoms with Crippen LogP contribution in [0.4, 0.5) is 0 Å². The number of carbonyl (C=O) groups excluding carboxylic acids is 2. The maximum absolute atomic E-state index is 12.5. The third-order valence-corrected chi connectivity index (χ3v) is 4.99. The van der Waals surface area contributed by atoms with Gasteiger partial charge in [0.2, 0.25) is 0 Å². The quantitative estimate of drug-likeness (QED) is 0.754. The lowest BCUT2D eigenvalue weighted by atomic mass is 9.91. The molecule has 2 aromatic rings. The molecule has 1 aliphatic carbocycles. The summed E-state index contributed by atoms with van der Waals surface area (Å²) in [7, 11) is 1.34. The summed E-state index contributed by atoms with van der Waals surface area (Å²) < 4.78 is 10.2. The van der Waals surface area contributed by atoms with Crippen molar-refractivity contribution in [2.24, 2.45) is 5.92 Å². The van der Waals surface area contributed by atoms with Gasteiger partial charge in [-0.25, -0.2) is 4.79 Å². The predicted octanol–water partition coefficient (Wildman–Crippen LogP) is 3.90. The summed E-state index contributed by atoms with van der Waals surface area (Å²) >= 11 is 0. The van der Waals surface area contributed by atoms with Gasteiger partial charge in [-0.05, 0) is 48.6 Å². The molecule has 27 heavy (non-hydrogen) atoms. The van der Waals surface area contributed by atoms with Crippen LogP contribution in [0.3, 0.4) is 0 Å². The van der Waals surface area contributed by atoms with Crippen molar-refractivity contribution < 1.29 is 19.1 Å².